The van der Waals surface area contributed by atoms with Crippen molar-refractivity contribution in [1.82, 2.24) is 10.3 Å². The van der Waals surface area contributed by atoms with Gasteiger partial charge in [-0.3, -0.25) is 4.98 Å². The lowest BCUT2D eigenvalue weighted by Gasteiger charge is -2.21. The molecule has 1 aromatic carbocycles. The van der Waals surface area contributed by atoms with Crippen molar-refractivity contribution in [3.05, 3.63) is 64.4 Å². The zero-order valence-electron chi connectivity index (χ0n) is 11.3. The van der Waals surface area contributed by atoms with Gasteiger partial charge in [-0.2, -0.15) is 13.2 Å². The summed E-state index contributed by atoms with van der Waals surface area (Å²) < 4.78 is 38.5. The van der Waals surface area contributed by atoms with Crippen LogP contribution in [0.5, 0.6) is 0 Å². The zero-order chi connectivity index (χ0) is 15.5. The summed E-state index contributed by atoms with van der Waals surface area (Å²) in [5, 5.41) is 3.57. The van der Waals surface area contributed by atoms with Crippen molar-refractivity contribution in [2.24, 2.45) is 0 Å². The first kappa shape index (κ1) is 15.8. The number of benzene rings is 1. The topological polar surface area (TPSA) is 24.9 Å². The van der Waals surface area contributed by atoms with E-state index in [1.165, 1.54) is 12.3 Å². The van der Waals surface area contributed by atoms with E-state index in [9.17, 15) is 13.2 Å². The van der Waals surface area contributed by atoms with E-state index < -0.39 is 17.8 Å². The molecular weight excluding hydrogens is 301 g/mol. The van der Waals surface area contributed by atoms with Crippen LogP contribution in [0.4, 0.5) is 13.2 Å². The van der Waals surface area contributed by atoms with E-state index in [0.29, 0.717) is 22.7 Å². The van der Waals surface area contributed by atoms with Crippen LogP contribution in [0, 0.1) is 0 Å². The van der Waals surface area contributed by atoms with Crippen molar-refractivity contribution < 1.29 is 13.2 Å². The Morgan fingerprint density at radius 2 is 2.05 bits per heavy atom. The number of rotatable bonds is 4. The van der Waals surface area contributed by atoms with E-state index in [4.69, 9.17) is 11.6 Å². The molecule has 0 aliphatic rings. The number of hydrogen-bond acceptors (Lipinski definition) is 2. The second-order valence-corrected chi connectivity index (χ2v) is 4.92. The van der Waals surface area contributed by atoms with Gasteiger partial charge in [0.1, 0.15) is 0 Å². The summed E-state index contributed by atoms with van der Waals surface area (Å²) in [6, 6.07) is 6.55. The number of halogens is 4. The Morgan fingerprint density at radius 3 is 2.67 bits per heavy atom. The van der Waals surface area contributed by atoms with E-state index >= 15 is 0 Å². The molecule has 1 unspecified atom stereocenters. The highest BCUT2D eigenvalue weighted by Gasteiger charge is 2.31. The van der Waals surface area contributed by atoms with Gasteiger partial charge in [0.15, 0.2) is 0 Å². The van der Waals surface area contributed by atoms with Crippen LogP contribution in [0.2, 0.25) is 5.02 Å². The number of nitrogens with zero attached hydrogens (tertiary/aromatic N) is 1. The molecule has 21 heavy (non-hydrogen) atoms. The van der Waals surface area contributed by atoms with Crippen molar-refractivity contribution in [2.45, 2.75) is 19.1 Å². The highest BCUT2D eigenvalue weighted by Crippen LogP contribution is 2.33. The summed E-state index contributed by atoms with van der Waals surface area (Å²) in [7, 11) is 0. The van der Waals surface area contributed by atoms with Crippen LogP contribution >= 0.6 is 11.6 Å². The average molecular weight is 315 g/mol. The third-order valence-electron chi connectivity index (χ3n) is 3.07. The fourth-order valence-electron chi connectivity index (χ4n) is 2.13. The first-order valence-electron chi connectivity index (χ1n) is 6.43. The molecule has 1 atom stereocenters. The van der Waals surface area contributed by atoms with Crippen LogP contribution in [0.1, 0.15) is 29.7 Å². The van der Waals surface area contributed by atoms with Crippen molar-refractivity contribution >= 4 is 11.6 Å². The maximum atomic E-state index is 12.8. The lowest BCUT2D eigenvalue weighted by atomic mass is 9.97. The highest BCUT2D eigenvalue weighted by molar-refractivity contribution is 6.31. The molecule has 0 aliphatic carbocycles. The number of pyridine rings is 1. The normalized spacial score (nSPS) is 13.2. The number of aromatic nitrogens is 1. The lowest BCUT2D eigenvalue weighted by molar-refractivity contribution is -0.137. The van der Waals surface area contributed by atoms with E-state index in [-0.39, 0.29) is 0 Å². The van der Waals surface area contributed by atoms with Crippen molar-refractivity contribution in [2.75, 3.05) is 6.54 Å². The van der Waals surface area contributed by atoms with Gasteiger partial charge in [0.05, 0.1) is 16.6 Å². The van der Waals surface area contributed by atoms with Crippen LogP contribution in [-0.2, 0) is 6.18 Å². The predicted molar refractivity (Wildman–Crippen MR) is 76.2 cm³/mol. The first-order chi connectivity index (χ1) is 9.93. The van der Waals surface area contributed by atoms with Crippen molar-refractivity contribution in [3.8, 4) is 0 Å². The molecule has 0 spiro atoms. The molecule has 6 heteroatoms. The molecule has 0 saturated carbocycles. The molecule has 112 valence electrons. The monoisotopic (exact) mass is 314 g/mol. The Labute approximate surface area is 126 Å². The molecule has 0 fully saturated rings. The Bertz CT molecular complexity index is 614. The summed E-state index contributed by atoms with van der Waals surface area (Å²) in [4.78, 5) is 3.90. The SMILES string of the molecule is CCNC(c1cccc(C(F)(F)F)c1)c1ccncc1Cl. The quantitative estimate of drug-likeness (QED) is 0.901. The van der Waals surface area contributed by atoms with E-state index in [1.807, 2.05) is 6.92 Å². The Hall–Kier alpha value is -1.59. The molecule has 1 aromatic heterocycles. The Morgan fingerprint density at radius 1 is 1.29 bits per heavy atom. The number of alkyl halides is 3. The fourth-order valence-corrected chi connectivity index (χ4v) is 2.35. The van der Waals surface area contributed by atoms with Crippen LogP contribution in [-0.4, -0.2) is 11.5 Å². The first-order valence-corrected chi connectivity index (χ1v) is 6.81. The third kappa shape index (κ3) is 3.74. The maximum Gasteiger partial charge on any atom is 0.416 e. The number of hydrogen-bond donors (Lipinski definition) is 1. The minimum atomic E-state index is -4.37. The molecule has 2 nitrogen and oxygen atoms in total. The van der Waals surface area contributed by atoms with Crippen LogP contribution in [0.15, 0.2) is 42.7 Å². The Balaban J connectivity index is 2.46. The zero-order valence-corrected chi connectivity index (χ0v) is 12.0. The second kappa shape index (κ2) is 6.45. The molecule has 0 radical (unpaired) electrons. The summed E-state index contributed by atoms with van der Waals surface area (Å²) in [6.45, 7) is 2.48. The molecular formula is C15H14ClF3N2. The largest absolute Gasteiger partial charge is 0.416 e. The molecule has 1 heterocycles. The molecule has 0 amide bonds. The van der Waals surface area contributed by atoms with Crippen LogP contribution in [0.3, 0.4) is 0 Å². The van der Waals surface area contributed by atoms with E-state index in [1.54, 1.807) is 18.3 Å². The smallest absolute Gasteiger partial charge is 0.306 e. The van der Waals surface area contributed by atoms with Gasteiger partial charge in [0.2, 0.25) is 0 Å². The standard InChI is InChI=1S/C15H14ClF3N2/c1-2-21-14(12-6-7-20-9-13(12)16)10-4-3-5-11(8-10)15(17,18)19/h3-9,14,21H,2H2,1H3. The van der Waals surface area contributed by atoms with E-state index in [0.717, 1.165) is 12.1 Å². The van der Waals surface area contributed by atoms with Crippen molar-refractivity contribution in [1.29, 1.82) is 0 Å². The minimum Gasteiger partial charge on any atom is -0.306 e. The molecule has 0 bridgehead atoms. The summed E-state index contributed by atoms with van der Waals surface area (Å²) in [5.74, 6) is 0. The minimum absolute atomic E-state index is 0.409. The molecule has 2 rings (SSSR count). The van der Waals surface area contributed by atoms with Gasteiger partial charge < -0.3 is 5.32 Å². The van der Waals surface area contributed by atoms with Gasteiger partial charge >= 0.3 is 6.18 Å². The van der Waals surface area contributed by atoms with E-state index in [2.05, 4.69) is 10.3 Å². The fraction of sp³-hybridized carbons (Fsp3) is 0.267. The van der Waals surface area contributed by atoms with Crippen LogP contribution < -0.4 is 5.32 Å². The van der Waals surface area contributed by atoms with Gasteiger partial charge in [0, 0.05) is 12.4 Å². The molecule has 0 aliphatic heterocycles. The molecule has 0 saturated heterocycles. The van der Waals surface area contributed by atoms with Gasteiger partial charge in [-0.15, -0.1) is 0 Å². The summed E-state index contributed by atoms with van der Waals surface area (Å²) >= 11 is 6.11. The average Bonchev–Trinajstić information content (AvgIpc) is 2.45. The maximum absolute atomic E-state index is 12.8. The second-order valence-electron chi connectivity index (χ2n) is 4.51. The van der Waals surface area contributed by atoms with Crippen LogP contribution in [0.25, 0.3) is 0 Å². The van der Waals surface area contributed by atoms with Crippen molar-refractivity contribution in [3.63, 3.8) is 0 Å². The van der Waals surface area contributed by atoms with Gasteiger partial charge in [-0.05, 0) is 35.9 Å². The Kier molecular flexibility index (Phi) is 4.85. The van der Waals surface area contributed by atoms with Gasteiger partial charge in [-0.1, -0.05) is 30.7 Å². The van der Waals surface area contributed by atoms with Gasteiger partial charge in [0.25, 0.3) is 0 Å². The lowest BCUT2D eigenvalue weighted by Crippen LogP contribution is -2.23. The third-order valence-corrected chi connectivity index (χ3v) is 3.39. The number of nitrogens with one attached hydrogen (secondary N) is 1. The summed E-state index contributed by atoms with van der Waals surface area (Å²) in [5.41, 5.74) is 0.542. The molecule has 1 N–H and O–H groups in total. The molecule has 2 aromatic rings. The highest BCUT2D eigenvalue weighted by atomic mass is 35.5. The summed E-state index contributed by atoms with van der Waals surface area (Å²) in [6.07, 6.45) is -1.32. The predicted octanol–water partition coefficient (Wildman–Crippen LogP) is 4.45. The van der Waals surface area contributed by atoms with Gasteiger partial charge in [-0.25, -0.2) is 0 Å².